The minimum absolute atomic E-state index is 0.00359. The SMILES string of the molecule is CC(C)(C)OC(=O)N1CCCC2(CC(Oc3cc(F)ccc3F)C2)C1. The molecular formula is C19H25F2NO3. The van der Waals surface area contributed by atoms with Gasteiger partial charge in [0.1, 0.15) is 17.5 Å². The number of hydrogen-bond acceptors (Lipinski definition) is 3. The predicted molar refractivity (Wildman–Crippen MR) is 89.5 cm³/mol. The summed E-state index contributed by atoms with van der Waals surface area (Å²) in [6.07, 6.45) is 2.98. The quantitative estimate of drug-likeness (QED) is 0.784. The van der Waals surface area contributed by atoms with Crippen molar-refractivity contribution in [1.29, 1.82) is 0 Å². The molecule has 2 fully saturated rings. The van der Waals surface area contributed by atoms with Gasteiger partial charge in [-0.15, -0.1) is 0 Å². The molecule has 0 bridgehead atoms. The molecule has 1 heterocycles. The molecular weight excluding hydrogens is 328 g/mol. The van der Waals surface area contributed by atoms with Crippen molar-refractivity contribution in [2.75, 3.05) is 13.1 Å². The van der Waals surface area contributed by atoms with Crippen LogP contribution >= 0.6 is 0 Å². The second-order valence-corrected chi connectivity index (χ2v) is 8.23. The molecule has 0 atom stereocenters. The number of carbonyl (C=O) groups is 1. The lowest BCUT2D eigenvalue weighted by atomic mass is 9.62. The van der Waals surface area contributed by atoms with Gasteiger partial charge in [-0.2, -0.15) is 0 Å². The third-order valence-corrected chi connectivity index (χ3v) is 4.82. The Kier molecular flexibility index (Phi) is 4.64. The van der Waals surface area contributed by atoms with Crippen molar-refractivity contribution in [2.24, 2.45) is 5.41 Å². The third-order valence-electron chi connectivity index (χ3n) is 4.82. The first-order chi connectivity index (χ1) is 11.7. The first-order valence-electron chi connectivity index (χ1n) is 8.75. The average Bonchev–Trinajstić information content (AvgIpc) is 2.48. The average molecular weight is 353 g/mol. The van der Waals surface area contributed by atoms with E-state index in [1.165, 1.54) is 0 Å². The van der Waals surface area contributed by atoms with E-state index >= 15 is 0 Å². The van der Waals surface area contributed by atoms with Crippen molar-refractivity contribution in [3.63, 3.8) is 0 Å². The maximum atomic E-state index is 13.7. The van der Waals surface area contributed by atoms with Crippen molar-refractivity contribution in [3.8, 4) is 5.75 Å². The number of piperidine rings is 1. The molecule has 0 N–H and O–H groups in total. The summed E-state index contributed by atoms with van der Waals surface area (Å²) in [5, 5.41) is 0. The number of rotatable bonds is 2. The summed E-state index contributed by atoms with van der Waals surface area (Å²) in [7, 11) is 0. The zero-order valence-electron chi connectivity index (χ0n) is 15.0. The van der Waals surface area contributed by atoms with E-state index < -0.39 is 17.2 Å². The second-order valence-electron chi connectivity index (χ2n) is 8.23. The molecule has 25 heavy (non-hydrogen) atoms. The van der Waals surface area contributed by atoms with Crippen LogP contribution < -0.4 is 4.74 Å². The summed E-state index contributed by atoms with van der Waals surface area (Å²) in [5.41, 5.74) is -0.508. The van der Waals surface area contributed by atoms with Crippen LogP contribution in [0.15, 0.2) is 18.2 Å². The summed E-state index contributed by atoms with van der Waals surface area (Å²) >= 11 is 0. The second kappa shape index (κ2) is 6.46. The molecule has 2 aliphatic rings. The molecule has 138 valence electrons. The fourth-order valence-corrected chi connectivity index (χ4v) is 3.76. The molecule has 1 saturated heterocycles. The van der Waals surface area contributed by atoms with Crippen molar-refractivity contribution >= 4 is 6.09 Å². The normalized spacial score (nSPS) is 26.3. The van der Waals surface area contributed by atoms with Crippen LogP contribution in [0.5, 0.6) is 5.75 Å². The van der Waals surface area contributed by atoms with Gasteiger partial charge in [0.2, 0.25) is 0 Å². The molecule has 4 nitrogen and oxygen atoms in total. The van der Waals surface area contributed by atoms with Crippen molar-refractivity contribution in [3.05, 3.63) is 29.8 Å². The Labute approximate surface area is 147 Å². The fraction of sp³-hybridized carbons (Fsp3) is 0.632. The van der Waals surface area contributed by atoms with Gasteiger partial charge >= 0.3 is 6.09 Å². The number of hydrogen-bond donors (Lipinski definition) is 0. The van der Waals surface area contributed by atoms with E-state index in [4.69, 9.17) is 9.47 Å². The number of amides is 1. The molecule has 1 amide bonds. The van der Waals surface area contributed by atoms with Crippen LogP contribution in [-0.4, -0.2) is 35.8 Å². The lowest BCUT2D eigenvalue weighted by Gasteiger charge is -2.52. The molecule has 6 heteroatoms. The minimum Gasteiger partial charge on any atom is -0.487 e. The highest BCUT2D eigenvalue weighted by molar-refractivity contribution is 5.68. The van der Waals surface area contributed by atoms with Crippen LogP contribution in [-0.2, 0) is 4.74 Å². The van der Waals surface area contributed by atoms with Crippen LogP contribution in [0.2, 0.25) is 0 Å². The summed E-state index contributed by atoms with van der Waals surface area (Å²) in [5.74, 6) is -1.11. The lowest BCUT2D eigenvalue weighted by molar-refractivity contribution is -0.0673. The summed E-state index contributed by atoms with van der Waals surface area (Å²) in [6, 6.07) is 3.22. The largest absolute Gasteiger partial charge is 0.487 e. The molecule has 1 aliphatic heterocycles. The van der Waals surface area contributed by atoms with Crippen LogP contribution in [0.25, 0.3) is 0 Å². The van der Waals surface area contributed by atoms with Gasteiger partial charge < -0.3 is 14.4 Å². The molecule has 1 aromatic rings. The molecule has 1 aromatic carbocycles. The number of nitrogens with zero attached hydrogens (tertiary/aromatic N) is 1. The Hall–Kier alpha value is -1.85. The Morgan fingerprint density at radius 3 is 2.68 bits per heavy atom. The van der Waals surface area contributed by atoms with Gasteiger partial charge in [0.05, 0.1) is 0 Å². The number of carbonyl (C=O) groups excluding carboxylic acids is 1. The van der Waals surface area contributed by atoms with Gasteiger partial charge in [-0.1, -0.05) is 0 Å². The fourth-order valence-electron chi connectivity index (χ4n) is 3.76. The Balaban J connectivity index is 1.56. The van der Waals surface area contributed by atoms with E-state index in [0.29, 0.717) is 13.1 Å². The van der Waals surface area contributed by atoms with Gasteiger partial charge in [0, 0.05) is 19.2 Å². The molecule has 0 unspecified atom stereocenters. The van der Waals surface area contributed by atoms with Crippen molar-refractivity contribution in [2.45, 2.75) is 58.2 Å². The lowest BCUT2D eigenvalue weighted by Crippen LogP contribution is -2.55. The summed E-state index contributed by atoms with van der Waals surface area (Å²) < 4.78 is 38.0. The van der Waals surface area contributed by atoms with Gasteiger partial charge in [-0.25, -0.2) is 13.6 Å². The molecule has 1 saturated carbocycles. The van der Waals surface area contributed by atoms with Gasteiger partial charge in [0.25, 0.3) is 0 Å². The molecule has 0 radical (unpaired) electrons. The van der Waals surface area contributed by atoms with Crippen LogP contribution in [0, 0.1) is 17.0 Å². The van der Waals surface area contributed by atoms with E-state index in [1.54, 1.807) is 4.90 Å². The smallest absolute Gasteiger partial charge is 0.410 e. The van der Waals surface area contributed by atoms with Crippen LogP contribution in [0.1, 0.15) is 46.5 Å². The van der Waals surface area contributed by atoms with E-state index in [9.17, 15) is 13.6 Å². The maximum Gasteiger partial charge on any atom is 0.410 e. The van der Waals surface area contributed by atoms with Crippen molar-refractivity contribution < 1.29 is 23.0 Å². The molecule has 1 spiro atoms. The Morgan fingerprint density at radius 1 is 1.28 bits per heavy atom. The molecule has 1 aliphatic carbocycles. The van der Waals surface area contributed by atoms with Crippen LogP contribution in [0.3, 0.4) is 0 Å². The minimum atomic E-state index is -0.554. The third kappa shape index (κ3) is 4.22. The maximum absolute atomic E-state index is 13.7. The highest BCUT2D eigenvalue weighted by Crippen LogP contribution is 2.49. The zero-order chi connectivity index (χ0) is 18.2. The highest BCUT2D eigenvalue weighted by Gasteiger charge is 2.49. The van der Waals surface area contributed by atoms with E-state index in [2.05, 4.69) is 0 Å². The predicted octanol–water partition coefficient (Wildman–Crippen LogP) is 4.52. The first-order valence-corrected chi connectivity index (χ1v) is 8.75. The first kappa shape index (κ1) is 18.0. The van der Waals surface area contributed by atoms with Gasteiger partial charge in [-0.3, -0.25) is 0 Å². The van der Waals surface area contributed by atoms with Crippen LogP contribution in [0.4, 0.5) is 13.6 Å². The Morgan fingerprint density at radius 2 is 2.00 bits per heavy atom. The van der Waals surface area contributed by atoms with E-state index in [-0.39, 0.29) is 23.4 Å². The summed E-state index contributed by atoms with van der Waals surface area (Å²) in [4.78, 5) is 14.0. The highest BCUT2D eigenvalue weighted by atomic mass is 19.1. The van der Waals surface area contributed by atoms with Gasteiger partial charge in [-0.05, 0) is 64.0 Å². The number of ether oxygens (including phenoxy) is 2. The number of halogens is 2. The van der Waals surface area contributed by atoms with Crippen molar-refractivity contribution in [1.82, 2.24) is 4.90 Å². The topological polar surface area (TPSA) is 38.8 Å². The zero-order valence-corrected chi connectivity index (χ0v) is 15.0. The molecule has 3 rings (SSSR count). The summed E-state index contributed by atoms with van der Waals surface area (Å²) in [6.45, 7) is 6.89. The molecule has 0 aromatic heterocycles. The van der Waals surface area contributed by atoms with Gasteiger partial charge in [0.15, 0.2) is 11.6 Å². The number of likely N-dealkylation sites (tertiary alicyclic amines) is 1. The Bertz CT molecular complexity index is 651. The monoisotopic (exact) mass is 353 g/mol. The number of benzene rings is 1. The standard InChI is InChI=1S/C19H25F2NO3/c1-18(2,3)25-17(23)22-8-4-7-19(12-22)10-14(11-19)24-16-9-13(20)5-6-15(16)21/h5-6,9,14H,4,7-8,10-12H2,1-3H3. The van der Waals surface area contributed by atoms with E-state index in [1.807, 2.05) is 20.8 Å². The van der Waals surface area contributed by atoms with E-state index in [0.717, 1.165) is 43.9 Å².